The Labute approximate surface area is 128 Å². The summed E-state index contributed by atoms with van der Waals surface area (Å²) < 4.78 is 13.6. The Morgan fingerprint density at radius 3 is 2.62 bits per heavy atom. The molecule has 0 radical (unpaired) electrons. The first-order valence-corrected chi connectivity index (χ1v) is 7.07. The molecule has 0 aliphatic rings. The fraction of sp³-hybridized carbons (Fsp3) is 0.188. The number of aryl methyl sites for hydroxylation is 1. The zero-order chi connectivity index (χ0) is 15.1. The van der Waals surface area contributed by atoms with Crippen molar-refractivity contribution in [3.8, 4) is 0 Å². The number of urea groups is 1. The van der Waals surface area contributed by atoms with Crippen molar-refractivity contribution in [2.75, 3.05) is 11.9 Å². The van der Waals surface area contributed by atoms with Crippen molar-refractivity contribution in [2.45, 2.75) is 12.8 Å². The number of benzene rings is 2. The summed E-state index contributed by atoms with van der Waals surface area (Å²) in [5.74, 6) is -0.626. The maximum Gasteiger partial charge on any atom is 0.319 e. The molecule has 3 nitrogen and oxygen atoms in total. The smallest absolute Gasteiger partial charge is 0.319 e. The van der Waals surface area contributed by atoms with Gasteiger partial charge in [-0.15, -0.1) is 0 Å². The van der Waals surface area contributed by atoms with Crippen molar-refractivity contribution in [2.24, 2.45) is 0 Å². The SMILES string of the molecule is O=C(NCCCc1ccccc1)Nc1cccc(Cl)c1F. The van der Waals surface area contributed by atoms with Gasteiger partial charge in [0.15, 0.2) is 5.82 Å². The molecule has 0 aromatic heterocycles. The van der Waals surface area contributed by atoms with Crippen LogP contribution in [0.25, 0.3) is 0 Å². The number of nitrogens with one attached hydrogen (secondary N) is 2. The minimum absolute atomic E-state index is 0.0168. The van der Waals surface area contributed by atoms with Crippen LogP contribution < -0.4 is 10.6 Å². The van der Waals surface area contributed by atoms with Gasteiger partial charge in [0, 0.05) is 6.54 Å². The lowest BCUT2D eigenvalue weighted by Gasteiger charge is -2.09. The minimum atomic E-state index is -0.626. The lowest BCUT2D eigenvalue weighted by molar-refractivity contribution is 0.252. The highest BCUT2D eigenvalue weighted by Gasteiger charge is 2.08. The van der Waals surface area contributed by atoms with Crippen molar-refractivity contribution in [1.29, 1.82) is 0 Å². The largest absolute Gasteiger partial charge is 0.338 e. The number of rotatable bonds is 5. The number of carbonyl (C=O) groups is 1. The molecule has 2 amide bonds. The molecule has 0 fully saturated rings. The van der Waals surface area contributed by atoms with Gasteiger partial charge in [-0.05, 0) is 30.5 Å². The lowest BCUT2D eigenvalue weighted by Crippen LogP contribution is -2.30. The zero-order valence-corrected chi connectivity index (χ0v) is 12.2. The Hall–Kier alpha value is -2.07. The summed E-state index contributed by atoms with van der Waals surface area (Å²) in [5.41, 5.74) is 1.30. The van der Waals surface area contributed by atoms with E-state index in [1.807, 2.05) is 30.3 Å². The summed E-state index contributed by atoms with van der Waals surface area (Å²) in [5, 5.41) is 5.11. The van der Waals surface area contributed by atoms with Crippen LogP contribution in [0.15, 0.2) is 48.5 Å². The second-order valence-corrected chi connectivity index (χ2v) is 4.98. The van der Waals surface area contributed by atoms with Crippen LogP contribution in [0.5, 0.6) is 0 Å². The van der Waals surface area contributed by atoms with E-state index in [4.69, 9.17) is 11.6 Å². The van der Waals surface area contributed by atoms with E-state index in [0.717, 1.165) is 12.8 Å². The Bertz CT molecular complexity index is 604. The molecule has 21 heavy (non-hydrogen) atoms. The molecule has 0 saturated heterocycles. The van der Waals surface area contributed by atoms with Crippen molar-refractivity contribution >= 4 is 23.3 Å². The predicted octanol–water partition coefficient (Wildman–Crippen LogP) is 4.23. The van der Waals surface area contributed by atoms with Crippen LogP contribution in [0.2, 0.25) is 5.02 Å². The van der Waals surface area contributed by atoms with Crippen molar-refractivity contribution < 1.29 is 9.18 Å². The van der Waals surface area contributed by atoms with Gasteiger partial charge in [0.05, 0.1) is 10.7 Å². The summed E-state index contributed by atoms with van der Waals surface area (Å²) in [7, 11) is 0. The molecule has 0 bridgehead atoms. The average molecular weight is 307 g/mol. The van der Waals surface area contributed by atoms with Crippen molar-refractivity contribution in [1.82, 2.24) is 5.32 Å². The summed E-state index contributed by atoms with van der Waals surface area (Å²) >= 11 is 5.65. The first kappa shape index (κ1) is 15.3. The number of hydrogen-bond acceptors (Lipinski definition) is 1. The first-order chi connectivity index (χ1) is 10.2. The third-order valence-corrected chi connectivity index (χ3v) is 3.26. The van der Waals surface area contributed by atoms with E-state index in [2.05, 4.69) is 10.6 Å². The second-order valence-electron chi connectivity index (χ2n) is 4.57. The molecular formula is C16H16ClFN2O. The molecule has 0 saturated carbocycles. The number of hydrogen-bond donors (Lipinski definition) is 2. The maximum absolute atomic E-state index is 13.6. The van der Waals surface area contributed by atoms with E-state index in [1.54, 1.807) is 6.07 Å². The molecule has 5 heteroatoms. The molecule has 110 valence electrons. The molecule has 2 rings (SSSR count). The third-order valence-electron chi connectivity index (χ3n) is 2.97. The Balaban J connectivity index is 1.74. The van der Waals surface area contributed by atoms with Crippen LogP contribution in [-0.4, -0.2) is 12.6 Å². The molecule has 2 aromatic carbocycles. The molecule has 0 heterocycles. The van der Waals surface area contributed by atoms with Gasteiger partial charge in [0.2, 0.25) is 0 Å². The number of amides is 2. The first-order valence-electron chi connectivity index (χ1n) is 6.69. The van der Waals surface area contributed by atoms with Crippen LogP contribution >= 0.6 is 11.6 Å². The average Bonchev–Trinajstić information content (AvgIpc) is 2.49. The molecule has 2 N–H and O–H groups in total. The molecule has 0 unspecified atom stereocenters. The Kier molecular flexibility index (Phi) is 5.58. The molecule has 0 atom stereocenters. The van der Waals surface area contributed by atoms with Crippen LogP contribution in [0.3, 0.4) is 0 Å². The molecule has 0 spiro atoms. The van der Waals surface area contributed by atoms with Gasteiger partial charge in [-0.2, -0.15) is 0 Å². The number of anilines is 1. The zero-order valence-electron chi connectivity index (χ0n) is 11.4. The summed E-state index contributed by atoms with van der Waals surface area (Å²) in [6, 6.07) is 14.1. The highest BCUT2D eigenvalue weighted by atomic mass is 35.5. The highest BCUT2D eigenvalue weighted by Crippen LogP contribution is 2.21. The fourth-order valence-electron chi connectivity index (χ4n) is 1.91. The predicted molar refractivity (Wildman–Crippen MR) is 83.2 cm³/mol. The minimum Gasteiger partial charge on any atom is -0.338 e. The van der Waals surface area contributed by atoms with E-state index in [1.165, 1.54) is 17.7 Å². The van der Waals surface area contributed by atoms with E-state index in [0.29, 0.717) is 6.54 Å². The fourth-order valence-corrected chi connectivity index (χ4v) is 2.08. The summed E-state index contributed by atoms with van der Waals surface area (Å²) in [4.78, 5) is 11.7. The van der Waals surface area contributed by atoms with Gasteiger partial charge in [0.1, 0.15) is 0 Å². The Morgan fingerprint density at radius 2 is 1.86 bits per heavy atom. The quantitative estimate of drug-likeness (QED) is 0.797. The monoisotopic (exact) mass is 306 g/mol. The second kappa shape index (κ2) is 7.64. The maximum atomic E-state index is 13.6. The lowest BCUT2D eigenvalue weighted by atomic mass is 10.1. The number of carbonyl (C=O) groups excluding carboxylic acids is 1. The summed E-state index contributed by atoms with van der Waals surface area (Å²) in [6.07, 6.45) is 1.70. The Morgan fingerprint density at radius 1 is 1.10 bits per heavy atom. The summed E-state index contributed by atoms with van der Waals surface area (Å²) in [6.45, 7) is 0.517. The molecular weight excluding hydrogens is 291 g/mol. The van der Waals surface area contributed by atoms with E-state index in [-0.39, 0.29) is 10.7 Å². The van der Waals surface area contributed by atoms with Crippen molar-refractivity contribution in [3.05, 3.63) is 64.9 Å². The molecule has 0 aliphatic heterocycles. The van der Waals surface area contributed by atoms with Crippen LogP contribution in [-0.2, 0) is 6.42 Å². The highest BCUT2D eigenvalue weighted by molar-refractivity contribution is 6.31. The normalized spacial score (nSPS) is 10.2. The van der Waals surface area contributed by atoms with Gasteiger partial charge in [0.25, 0.3) is 0 Å². The van der Waals surface area contributed by atoms with Gasteiger partial charge >= 0.3 is 6.03 Å². The van der Waals surface area contributed by atoms with Crippen LogP contribution in [0.4, 0.5) is 14.9 Å². The number of halogens is 2. The van der Waals surface area contributed by atoms with E-state index >= 15 is 0 Å². The topological polar surface area (TPSA) is 41.1 Å². The van der Waals surface area contributed by atoms with E-state index in [9.17, 15) is 9.18 Å². The van der Waals surface area contributed by atoms with Gasteiger partial charge in [-0.1, -0.05) is 48.0 Å². The van der Waals surface area contributed by atoms with Gasteiger partial charge in [-0.25, -0.2) is 9.18 Å². The standard InChI is InChI=1S/C16H16ClFN2O/c17-13-9-4-10-14(15(13)18)20-16(21)19-11-5-8-12-6-2-1-3-7-12/h1-4,6-7,9-10H,5,8,11H2,(H2,19,20,21). The van der Waals surface area contributed by atoms with Crippen LogP contribution in [0.1, 0.15) is 12.0 Å². The van der Waals surface area contributed by atoms with E-state index < -0.39 is 11.8 Å². The van der Waals surface area contributed by atoms with Crippen LogP contribution in [0, 0.1) is 5.82 Å². The third kappa shape index (κ3) is 4.76. The van der Waals surface area contributed by atoms with Crippen molar-refractivity contribution in [3.63, 3.8) is 0 Å². The molecule has 2 aromatic rings. The van der Waals surface area contributed by atoms with Gasteiger partial charge in [-0.3, -0.25) is 0 Å². The van der Waals surface area contributed by atoms with Gasteiger partial charge < -0.3 is 10.6 Å². The molecule has 0 aliphatic carbocycles.